The number of unbranched alkanes of at least 4 members (excludes halogenated alkanes) is 2. The van der Waals surface area contributed by atoms with E-state index in [1.165, 1.54) is 12.8 Å². The number of amides is 1. The first-order valence-corrected chi connectivity index (χ1v) is 8.66. The topological polar surface area (TPSA) is 35.6 Å². The quantitative estimate of drug-likeness (QED) is 0.728. The molecular formula is C18H35N3O. The van der Waals surface area contributed by atoms with E-state index in [2.05, 4.69) is 63.6 Å². The Morgan fingerprint density at radius 1 is 1.18 bits per heavy atom. The molecule has 1 rings (SSSR count). The monoisotopic (exact) mass is 309 g/mol. The van der Waals surface area contributed by atoms with Crippen LogP contribution in [0, 0.1) is 0 Å². The van der Waals surface area contributed by atoms with Gasteiger partial charge in [-0.05, 0) is 47.5 Å². The van der Waals surface area contributed by atoms with Crippen molar-refractivity contribution in [3.05, 3.63) is 11.9 Å². The summed E-state index contributed by atoms with van der Waals surface area (Å²) in [4.78, 5) is 17.2. The molecule has 1 heterocycles. The van der Waals surface area contributed by atoms with Gasteiger partial charge >= 0.3 is 0 Å². The normalized spacial score (nSPS) is 16.0. The third-order valence-electron chi connectivity index (χ3n) is 4.40. The van der Waals surface area contributed by atoms with Crippen molar-refractivity contribution in [3.63, 3.8) is 0 Å². The Morgan fingerprint density at radius 2 is 1.82 bits per heavy atom. The summed E-state index contributed by atoms with van der Waals surface area (Å²) in [5.74, 6) is 0.0510. The molecule has 1 amide bonds. The van der Waals surface area contributed by atoms with E-state index >= 15 is 0 Å². The molecule has 0 radical (unpaired) electrons. The minimum absolute atomic E-state index is 0.0330. The fraction of sp³-hybridized carbons (Fsp3) is 0.833. The van der Waals surface area contributed by atoms with Crippen LogP contribution in [0.25, 0.3) is 0 Å². The minimum Gasteiger partial charge on any atom is -0.353 e. The Kier molecular flexibility index (Phi) is 6.33. The van der Waals surface area contributed by atoms with Crippen LogP contribution in [-0.2, 0) is 4.79 Å². The van der Waals surface area contributed by atoms with E-state index in [9.17, 15) is 4.79 Å². The smallest absolute Gasteiger partial charge is 0.269 e. The summed E-state index contributed by atoms with van der Waals surface area (Å²) in [6.45, 7) is 16.8. The number of hydrogen-bond acceptors (Lipinski definition) is 3. The van der Waals surface area contributed by atoms with Crippen LogP contribution in [0.5, 0.6) is 0 Å². The Bertz CT molecular complexity index is 407. The second-order valence-electron chi connectivity index (χ2n) is 7.96. The van der Waals surface area contributed by atoms with Crippen molar-refractivity contribution in [3.8, 4) is 0 Å². The van der Waals surface area contributed by atoms with E-state index in [-0.39, 0.29) is 17.0 Å². The van der Waals surface area contributed by atoms with Crippen molar-refractivity contribution in [1.82, 2.24) is 15.1 Å². The van der Waals surface area contributed by atoms with E-state index in [1.54, 1.807) is 0 Å². The Morgan fingerprint density at radius 3 is 2.32 bits per heavy atom. The van der Waals surface area contributed by atoms with Gasteiger partial charge in [-0.1, -0.05) is 26.7 Å². The molecule has 0 aromatic carbocycles. The predicted molar refractivity (Wildman–Crippen MR) is 93.3 cm³/mol. The van der Waals surface area contributed by atoms with Gasteiger partial charge in [0.25, 0.3) is 5.91 Å². The zero-order chi connectivity index (χ0) is 17.0. The van der Waals surface area contributed by atoms with Crippen LogP contribution in [0.3, 0.4) is 0 Å². The lowest BCUT2D eigenvalue weighted by atomic mass is 10.0. The lowest BCUT2D eigenvalue weighted by Gasteiger charge is -2.33. The molecular weight excluding hydrogens is 274 g/mol. The van der Waals surface area contributed by atoms with Gasteiger partial charge in [0.15, 0.2) is 0 Å². The highest BCUT2D eigenvalue weighted by molar-refractivity contribution is 5.93. The first kappa shape index (κ1) is 18.9. The number of nitrogens with zero attached hydrogens (tertiary/aromatic N) is 2. The standard InChI is InChI=1S/C18H35N3O/c1-8-10-11-12-20-14-21(17(3,4)5)13-15(20)16(22)19-18(6,7)9-2/h13H,8-12,14H2,1-7H3,(H,19,22). The molecule has 1 N–H and O–H groups in total. The summed E-state index contributed by atoms with van der Waals surface area (Å²) < 4.78 is 0. The second kappa shape index (κ2) is 7.38. The molecule has 0 atom stereocenters. The summed E-state index contributed by atoms with van der Waals surface area (Å²) >= 11 is 0. The molecule has 0 spiro atoms. The summed E-state index contributed by atoms with van der Waals surface area (Å²) in [7, 11) is 0. The fourth-order valence-corrected chi connectivity index (χ4v) is 2.34. The average Bonchev–Trinajstić information content (AvgIpc) is 2.83. The molecule has 0 saturated heterocycles. The molecule has 0 aliphatic carbocycles. The van der Waals surface area contributed by atoms with E-state index < -0.39 is 0 Å². The van der Waals surface area contributed by atoms with Gasteiger partial charge < -0.3 is 15.1 Å². The lowest BCUT2D eigenvalue weighted by molar-refractivity contribution is -0.120. The van der Waals surface area contributed by atoms with Crippen molar-refractivity contribution in [1.29, 1.82) is 0 Å². The maximum absolute atomic E-state index is 12.7. The highest BCUT2D eigenvalue weighted by atomic mass is 16.2. The van der Waals surface area contributed by atoms with Gasteiger partial charge in [0.2, 0.25) is 0 Å². The third-order valence-corrected chi connectivity index (χ3v) is 4.40. The molecule has 0 saturated carbocycles. The highest BCUT2D eigenvalue weighted by Gasteiger charge is 2.32. The van der Waals surface area contributed by atoms with Crippen LogP contribution in [-0.4, -0.2) is 40.0 Å². The van der Waals surface area contributed by atoms with Crippen LogP contribution in [0.15, 0.2) is 11.9 Å². The molecule has 0 fully saturated rings. The summed E-state index contributed by atoms with van der Waals surface area (Å²) in [6.07, 6.45) is 6.50. The number of nitrogens with one attached hydrogen (secondary N) is 1. The Labute approximate surface area is 136 Å². The molecule has 1 aliphatic heterocycles. The predicted octanol–water partition coefficient (Wildman–Crippen LogP) is 3.70. The molecule has 0 bridgehead atoms. The molecule has 1 aliphatic rings. The molecule has 0 unspecified atom stereocenters. The Hall–Kier alpha value is -1.19. The summed E-state index contributed by atoms with van der Waals surface area (Å²) in [5.41, 5.74) is 0.681. The van der Waals surface area contributed by atoms with Crippen LogP contribution in [0.2, 0.25) is 0 Å². The van der Waals surface area contributed by atoms with Gasteiger partial charge in [-0.3, -0.25) is 4.79 Å². The van der Waals surface area contributed by atoms with Crippen molar-refractivity contribution < 1.29 is 4.79 Å². The first-order valence-electron chi connectivity index (χ1n) is 8.66. The fourth-order valence-electron chi connectivity index (χ4n) is 2.34. The molecule has 128 valence electrons. The van der Waals surface area contributed by atoms with E-state index in [0.29, 0.717) is 0 Å². The zero-order valence-corrected chi connectivity index (χ0v) is 15.6. The van der Waals surface area contributed by atoms with Crippen LogP contribution in [0.1, 0.15) is 74.1 Å². The van der Waals surface area contributed by atoms with E-state index in [1.807, 2.05) is 6.20 Å². The minimum atomic E-state index is -0.165. The van der Waals surface area contributed by atoms with Crippen LogP contribution in [0.4, 0.5) is 0 Å². The average molecular weight is 309 g/mol. The molecule has 4 heteroatoms. The maximum Gasteiger partial charge on any atom is 0.269 e. The first-order chi connectivity index (χ1) is 10.1. The Balaban J connectivity index is 2.85. The van der Waals surface area contributed by atoms with Gasteiger partial charge in [-0.15, -0.1) is 0 Å². The number of carbonyl (C=O) groups excluding carboxylic acids is 1. The summed E-state index contributed by atoms with van der Waals surface area (Å²) in [6, 6.07) is 0. The van der Waals surface area contributed by atoms with Gasteiger partial charge in [-0.2, -0.15) is 0 Å². The van der Waals surface area contributed by atoms with Gasteiger partial charge in [0.05, 0.1) is 6.67 Å². The zero-order valence-electron chi connectivity index (χ0n) is 15.6. The highest BCUT2D eigenvalue weighted by Crippen LogP contribution is 2.25. The largest absolute Gasteiger partial charge is 0.353 e. The maximum atomic E-state index is 12.7. The SMILES string of the molecule is CCCCCN1CN(C(C)(C)C)C=C1C(=O)NC(C)(C)CC. The molecule has 0 aromatic rings. The lowest BCUT2D eigenvalue weighted by Crippen LogP contribution is -2.46. The van der Waals surface area contributed by atoms with Gasteiger partial charge in [-0.25, -0.2) is 0 Å². The molecule has 4 nitrogen and oxygen atoms in total. The number of hydrogen-bond donors (Lipinski definition) is 1. The second-order valence-corrected chi connectivity index (χ2v) is 7.96. The van der Waals surface area contributed by atoms with Crippen molar-refractivity contribution in [2.45, 2.75) is 85.2 Å². The van der Waals surface area contributed by atoms with Gasteiger partial charge in [0, 0.05) is 23.8 Å². The third kappa shape index (κ3) is 5.22. The van der Waals surface area contributed by atoms with Crippen molar-refractivity contribution in [2.24, 2.45) is 0 Å². The number of rotatable bonds is 7. The summed E-state index contributed by atoms with van der Waals surface area (Å²) in [5, 5.41) is 3.16. The van der Waals surface area contributed by atoms with Crippen molar-refractivity contribution >= 4 is 5.91 Å². The van der Waals surface area contributed by atoms with Gasteiger partial charge in [0.1, 0.15) is 5.70 Å². The molecule has 0 aromatic heterocycles. The number of carbonyl (C=O) groups is 1. The molecule has 22 heavy (non-hydrogen) atoms. The van der Waals surface area contributed by atoms with E-state index in [4.69, 9.17) is 0 Å². The van der Waals surface area contributed by atoms with Crippen molar-refractivity contribution in [2.75, 3.05) is 13.2 Å². The van der Waals surface area contributed by atoms with E-state index in [0.717, 1.165) is 31.8 Å². The van der Waals surface area contributed by atoms with Crippen LogP contribution >= 0.6 is 0 Å². The van der Waals surface area contributed by atoms with Crippen LogP contribution < -0.4 is 5.32 Å².